The number of carbonyl (C=O) groups is 1. The van der Waals surface area contributed by atoms with Gasteiger partial charge < -0.3 is 0 Å². The number of hydrogen-bond acceptors (Lipinski definition) is 3. The lowest BCUT2D eigenvalue weighted by Crippen LogP contribution is -2.34. The van der Waals surface area contributed by atoms with Crippen LogP contribution in [-0.2, 0) is 11.3 Å². The van der Waals surface area contributed by atoms with Crippen LogP contribution in [0.2, 0.25) is 5.02 Å². The predicted octanol–water partition coefficient (Wildman–Crippen LogP) is 2.68. The Morgan fingerprint density at radius 2 is 2.18 bits per heavy atom. The van der Waals surface area contributed by atoms with Gasteiger partial charge in [-0.1, -0.05) is 11.6 Å². The standard InChI is InChI=1S/C13H17ClN2O/c1-16(11-2-4-12(17)5-3-11)9-10-6-7-15-8-13(10)14/h6-8,11H,2-5,9H2,1H3. The summed E-state index contributed by atoms with van der Waals surface area (Å²) in [7, 11) is 2.09. The van der Waals surface area contributed by atoms with Gasteiger partial charge in [-0.2, -0.15) is 0 Å². The second-order valence-electron chi connectivity index (χ2n) is 4.65. The van der Waals surface area contributed by atoms with E-state index in [9.17, 15) is 4.79 Å². The molecule has 1 fully saturated rings. The molecule has 0 N–H and O–H groups in total. The number of nitrogens with zero attached hydrogens (tertiary/aromatic N) is 2. The Balaban J connectivity index is 1.95. The summed E-state index contributed by atoms with van der Waals surface area (Å²) < 4.78 is 0. The maximum absolute atomic E-state index is 11.2. The minimum Gasteiger partial charge on any atom is -0.300 e. The summed E-state index contributed by atoms with van der Waals surface area (Å²) >= 11 is 6.09. The highest BCUT2D eigenvalue weighted by Crippen LogP contribution is 2.22. The van der Waals surface area contributed by atoms with Crippen molar-refractivity contribution < 1.29 is 4.79 Å². The average Bonchev–Trinajstić information content (AvgIpc) is 2.33. The van der Waals surface area contributed by atoms with Gasteiger partial charge in [-0.05, 0) is 31.5 Å². The summed E-state index contributed by atoms with van der Waals surface area (Å²) in [6.07, 6.45) is 6.82. The molecule has 0 amide bonds. The molecule has 17 heavy (non-hydrogen) atoms. The number of hydrogen-bond donors (Lipinski definition) is 0. The molecule has 1 heterocycles. The smallest absolute Gasteiger partial charge is 0.133 e. The Kier molecular flexibility index (Phi) is 4.13. The van der Waals surface area contributed by atoms with Crippen LogP contribution in [0.3, 0.4) is 0 Å². The monoisotopic (exact) mass is 252 g/mol. The van der Waals surface area contributed by atoms with Crippen molar-refractivity contribution in [2.45, 2.75) is 38.3 Å². The SMILES string of the molecule is CN(Cc1ccncc1Cl)C1CCC(=O)CC1. The topological polar surface area (TPSA) is 33.2 Å². The fourth-order valence-electron chi connectivity index (χ4n) is 2.30. The van der Waals surface area contributed by atoms with E-state index in [1.54, 1.807) is 12.4 Å². The second-order valence-corrected chi connectivity index (χ2v) is 5.06. The molecule has 1 saturated carbocycles. The molecule has 0 bridgehead atoms. The fraction of sp³-hybridized carbons (Fsp3) is 0.538. The van der Waals surface area contributed by atoms with E-state index < -0.39 is 0 Å². The summed E-state index contributed by atoms with van der Waals surface area (Å²) in [6, 6.07) is 2.45. The van der Waals surface area contributed by atoms with Crippen molar-refractivity contribution >= 4 is 17.4 Å². The summed E-state index contributed by atoms with van der Waals surface area (Å²) in [5.41, 5.74) is 1.10. The zero-order chi connectivity index (χ0) is 12.3. The van der Waals surface area contributed by atoms with E-state index in [2.05, 4.69) is 16.9 Å². The van der Waals surface area contributed by atoms with Crippen LogP contribution in [0, 0.1) is 0 Å². The first-order chi connectivity index (χ1) is 8.16. The van der Waals surface area contributed by atoms with Gasteiger partial charge in [0, 0.05) is 37.8 Å². The van der Waals surface area contributed by atoms with Crippen LogP contribution >= 0.6 is 11.6 Å². The van der Waals surface area contributed by atoms with E-state index in [-0.39, 0.29) is 0 Å². The fourth-order valence-corrected chi connectivity index (χ4v) is 2.47. The molecule has 1 aliphatic rings. The van der Waals surface area contributed by atoms with Gasteiger partial charge >= 0.3 is 0 Å². The first-order valence-electron chi connectivity index (χ1n) is 5.97. The Hall–Kier alpha value is -0.930. The van der Waals surface area contributed by atoms with Gasteiger partial charge in [-0.3, -0.25) is 14.7 Å². The maximum atomic E-state index is 11.2. The van der Waals surface area contributed by atoms with Crippen molar-refractivity contribution in [3.63, 3.8) is 0 Å². The zero-order valence-corrected chi connectivity index (χ0v) is 10.8. The Bertz CT molecular complexity index is 398. The molecule has 1 aromatic heterocycles. The maximum Gasteiger partial charge on any atom is 0.133 e. The molecule has 0 radical (unpaired) electrons. The van der Waals surface area contributed by atoms with Crippen molar-refractivity contribution in [3.8, 4) is 0 Å². The van der Waals surface area contributed by atoms with E-state index in [0.29, 0.717) is 16.8 Å². The number of halogens is 1. The lowest BCUT2D eigenvalue weighted by Gasteiger charge is -2.30. The Labute approximate surface area is 107 Å². The Morgan fingerprint density at radius 1 is 1.47 bits per heavy atom. The van der Waals surface area contributed by atoms with Gasteiger partial charge in [0.15, 0.2) is 0 Å². The van der Waals surface area contributed by atoms with Crippen LogP contribution in [-0.4, -0.2) is 28.8 Å². The highest BCUT2D eigenvalue weighted by atomic mass is 35.5. The van der Waals surface area contributed by atoms with E-state index in [4.69, 9.17) is 11.6 Å². The molecule has 92 valence electrons. The number of pyridine rings is 1. The zero-order valence-electron chi connectivity index (χ0n) is 10.0. The molecule has 0 atom stereocenters. The first kappa shape index (κ1) is 12.5. The van der Waals surface area contributed by atoms with Gasteiger partial charge in [0.05, 0.1) is 5.02 Å². The van der Waals surface area contributed by atoms with Gasteiger partial charge in [-0.25, -0.2) is 0 Å². The van der Waals surface area contributed by atoms with Crippen molar-refractivity contribution in [1.29, 1.82) is 0 Å². The van der Waals surface area contributed by atoms with E-state index in [1.807, 2.05) is 6.07 Å². The third-order valence-electron chi connectivity index (χ3n) is 3.41. The molecule has 0 saturated heterocycles. The largest absolute Gasteiger partial charge is 0.300 e. The molecule has 3 nitrogen and oxygen atoms in total. The number of carbonyl (C=O) groups excluding carboxylic acids is 1. The first-order valence-corrected chi connectivity index (χ1v) is 6.35. The summed E-state index contributed by atoms with van der Waals surface area (Å²) in [6.45, 7) is 0.820. The molecule has 0 aromatic carbocycles. The molecule has 1 aliphatic carbocycles. The minimum absolute atomic E-state index is 0.400. The summed E-state index contributed by atoms with van der Waals surface area (Å²) in [5.74, 6) is 0.400. The number of ketones is 1. The predicted molar refractivity (Wildman–Crippen MR) is 68.0 cm³/mol. The third kappa shape index (κ3) is 3.27. The van der Waals surface area contributed by atoms with Crippen molar-refractivity contribution in [3.05, 3.63) is 29.0 Å². The molecule has 0 aliphatic heterocycles. The summed E-state index contributed by atoms with van der Waals surface area (Å²) in [4.78, 5) is 17.5. The molecular formula is C13H17ClN2O. The number of Topliss-reactive ketones (excluding diaryl/α,β-unsaturated/α-hetero) is 1. The molecular weight excluding hydrogens is 236 g/mol. The third-order valence-corrected chi connectivity index (χ3v) is 3.75. The van der Waals surface area contributed by atoms with Crippen molar-refractivity contribution in [1.82, 2.24) is 9.88 Å². The van der Waals surface area contributed by atoms with Gasteiger partial charge in [-0.15, -0.1) is 0 Å². The summed E-state index contributed by atoms with van der Waals surface area (Å²) in [5, 5.41) is 0.714. The van der Waals surface area contributed by atoms with Crippen LogP contribution < -0.4 is 0 Å². The van der Waals surface area contributed by atoms with E-state index in [1.165, 1.54) is 0 Å². The molecule has 0 spiro atoms. The average molecular weight is 253 g/mol. The van der Waals surface area contributed by atoms with Crippen molar-refractivity contribution in [2.75, 3.05) is 7.05 Å². The highest BCUT2D eigenvalue weighted by Gasteiger charge is 2.22. The van der Waals surface area contributed by atoms with Gasteiger partial charge in [0.1, 0.15) is 5.78 Å². The van der Waals surface area contributed by atoms with Gasteiger partial charge in [0.25, 0.3) is 0 Å². The van der Waals surface area contributed by atoms with Crippen LogP contribution in [0.15, 0.2) is 18.5 Å². The minimum atomic E-state index is 0.400. The van der Waals surface area contributed by atoms with Crippen LogP contribution in [0.25, 0.3) is 0 Å². The molecule has 0 unspecified atom stereocenters. The van der Waals surface area contributed by atoms with Gasteiger partial charge in [0.2, 0.25) is 0 Å². The second kappa shape index (κ2) is 5.61. The van der Waals surface area contributed by atoms with Crippen LogP contribution in [0.4, 0.5) is 0 Å². The van der Waals surface area contributed by atoms with Crippen LogP contribution in [0.1, 0.15) is 31.2 Å². The number of aromatic nitrogens is 1. The molecule has 1 aromatic rings. The lowest BCUT2D eigenvalue weighted by molar-refractivity contribution is -0.121. The van der Waals surface area contributed by atoms with E-state index in [0.717, 1.165) is 37.8 Å². The normalized spacial score (nSPS) is 17.7. The van der Waals surface area contributed by atoms with Crippen LogP contribution in [0.5, 0.6) is 0 Å². The van der Waals surface area contributed by atoms with E-state index >= 15 is 0 Å². The quantitative estimate of drug-likeness (QED) is 0.829. The Morgan fingerprint density at radius 3 is 2.82 bits per heavy atom. The van der Waals surface area contributed by atoms with Crippen molar-refractivity contribution in [2.24, 2.45) is 0 Å². The molecule has 2 rings (SSSR count). The number of rotatable bonds is 3. The highest BCUT2D eigenvalue weighted by molar-refractivity contribution is 6.31. The molecule has 4 heteroatoms. The lowest BCUT2D eigenvalue weighted by atomic mass is 9.93.